The van der Waals surface area contributed by atoms with Gasteiger partial charge in [-0.2, -0.15) is 0 Å². The summed E-state index contributed by atoms with van der Waals surface area (Å²) in [6.07, 6.45) is 0. The highest BCUT2D eigenvalue weighted by Crippen LogP contribution is 2.46. The lowest BCUT2D eigenvalue weighted by molar-refractivity contribution is 0.651. The van der Waals surface area contributed by atoms with Crippen LogP contribution in [0.4, 0.5) is 0 Å². The molecule has 0 saturated heterocycles. The lowest BCUT2D eigenvalue weighted by atomic mass is 10.0. The molecule has 6 aromatic carbocycles. The van der Waals surface area contributed by atoms with Crippen molar-refractivity contribution in [2.24, 2.45) is 0 Å². The molecule has 2 aliphatic heterocycles. The molecule has 2 aromatic heterocycles. The highest BCUT2D eigenvalue weighted by atomic mass is 16.3. The van der Waals surface area contributed by atoms with E-state index in [2.05, 4.69) is 141 Å². The first-order chi connectivity index (χ1) is 19.9. The van der Waals surface area contributed by atoms with Gasteiger partial charge in [0.15, 0.2) is 11.2 Å². The van der Waals surface area contributed by atoms with Gasteiger partial charge >= 0.3 is 0 Å². The average Bonchev–Trinajstić information content (AvgIpc) is 3.54. The molecule has 10 rings (SSSR count). The molecule has 0 fully saturated rings. The Kier molecular flexibility index (Phi) is 3.65. The van der Waals surface area contributed by atoms with Gasteiger partial charge in [0.1, 0.15) is 5.69 Å². The van der Waals surface area contributed by atoms with Gasteiger partial charge in [0.2, 0.25) is 0 Å². The zero-order chi connectivity index (χ0) is 25.9. The summed E-state index contributed by atoms with van der Waals surface area (Å²) in [5.41, 5.74) is 12.0. The van der Waals surface area contributed by atoms with E-state index in [9.17, 15) is 0 Å². The smallest absolute Gasteiger partial charge is 0.163 e. The van der Waals surface area contributed by atoms with E-state index in [0.29, 0.717) is 0 Å². The van der Waals surface area contributed by atoms with E-state index < -0.39 is 0 Å². The summed E-state index contributed by atoms with van der Waals surface area (Å²) >= 11 is 0. The van der Waals surface area contributed by atoms with Gasteiger partial charge in [0, 0.05) is 21.8 Å². The molecular formula is C36H21N3O. The minimum Gasteiger partial charge on any atom is -0.452 e. The third kappa shape index (κ3) is 2.34. The second-order valence-electron chi connectivity index (χ2n) is 10.6. The Morgan fingerprint density at radius 3 is 1.95 bits per heavy atom. The van der Waals surface area contributed by atoms with Gasteiger partial charge < -0.3 is 13.4 Å². The average molecular weight is 512 g/mol. The number of rotatable bonds is 1. The first kappa shape index (κ1) is 20.5. The molecule has 0 atom stereocenters. The zero-order valence-electron chi connectivity index (χ0n) is 21.4. The van der Waals surface area contributed by atoms with Gasteiger partial charge in [-0.3, -0.25) is 4.57 Å². The second-order valence-corrected chi connectivity index (χ2v) is 10.6. The summed E-state index contributed by atoms with van der Waals surface area (Å²) in [5, 5.41) is 4.91. The number of para-hydroxylation sites is 7. The third-order valence-electron chi connectivity index (χ3n) is 8.58. The van der Waals surface area contributed by atoms with Crippen molar-refractivity contribution in [3.63, 3.8) is 0 Å². The minimum absolute atomic E-state index is 0.867. The Labute approximate surface area is 227 Å². The molecule has 0 unspecified atom stereocenters. The van der Waals surface area contributed by atoms with Crippen LogP contribution in [0, 0.1) is 0 Å². The van der Waals surface area contributed by atoms with Crippen LogP contribution in [0.2, 0.25) is 0 Å². The summed E-state index contributed by atoms with van der Waals surface area (Å²) in [4.78, 5) is 0. The van der Waals surface area contributed by atoms with E-state index >= 15 is 0 Å². The Morgan fingerprint density at radius 1 is 0.450 bits per heavy atom. The Hall–Kier alpha value is -5.48. The van der Waals surface area contributed by atoms with Crippen molar-refractivity contribution in [3.8, 4) is 11.4 Å². The Balaban J connectivity index is 1.60. The van der Waals surface area contributed by atoms with E-state index in [1.807, 2.05) is 0 Å². The molecule has 8 aromatic rings. The number of hydrogen-bond donors (Lipinski definition) is 0. The molecule has 186 valence electrons. The number of fused-ring (bicyclic) bond motifs is 11. The normalized spacial score (nSPS) is 12.5. The van der Waals surface area contributed by atoms with Crippen LogP contribution in [0.15, 0.2) is 132 Å². The summed E-state index contributed by atoms with van der Waals surface area (Å²) in [7, 11) is 0. The molecule has 0 aliphatic carbocycles. The Bertz CT molecular complexity index is 2590. The van der Waals surface area contributed by atoms with Gasteiger partial charge in [-0.25, -0.2) is 0 Å². The summed E-state index contributed by atoms with van der Waals surface area (Å²) in [5.74, 6) is 0. The van der Waals surface area contributed by atoms with E-state index in [-0.39, 0.29) is 0 Å². The molecule has 0 spiro atoms. The fraction of sp³-hybridized carbons (Fsp3) is 0. The van der Waals surface area contributed by atoms with Gasteiger partial charge in [-0.15, -0.1) is 0 Å². The topological polar surface area (TPSA) is 27.4 Å². The molecule has 4 nitrogen and oxygen atoms in total. The first-order valence-corrected chi connectivity index (χ1v) is 13.6. The molecule has 0 amide bonds. The predicted molar refractivity (Wildman–Crippen MR) is 165 cm³/mol. The Morgan fingerprint density at radius 2 is 1.10 bits per heavy atom. The molecule has 0 saturated carbocycles. The lowest BCUT2D eigenvalue weighted by Gasteiger charge is -2.25. The molecule has 0 bridgehead atoms. The lowest BCUT2D eigenvalue weighted by Crippen LogP contribution is -2.11. The van der Waals surface area contributed by atoms with Crippen LogP contribution in [0.5, 0.6) is 0 Å². The summed E-state index contributed by atoms with van der Waals surface area (Å²) in [6, 6.07) is 45.4. The fourth-order valence-electron chi connectivity index (χ4n) is 7.05. The third-order valence-corrected chi connectivity index (χ3v) is 8.58. The monoisotopic (exact) mass is 511 g/mol. The van der Waals surface area contributed by atoms with E-state index in [4.69, 9.17) is 4.42 Å². The van der Waals surface area contributed by atoms with Crippen LogP contribution in [-0.2, 0) is 0 Å². The van der Waals surface area contributed by atoms with Gasteiger partial charge in [-0.05, 0) is 48.5 Å². The standard InChI is InChI=1S/C36H21N3O/c1-2-11-22(12-3-1)37-27-17-6-7-18-28(27)39-29-19-8-9-20-32(29)40-36-33-25-15-10-14-24-23-13-4-5-16-26(23)38(34(24)25)30(33)21-31(37)35(36)39/h1-21H. The molecule has 2 aliphatic rings. The highest BCUT2D eigenvalue weighted by Gasteiger charge is 2.27. The minimum atomic E-state index is 0.867. The van der Waals surface area contributed by atoms with Crippen LogP contribution >= 0.6 is 0 Å². The van der Waals surface area contributed by atoms with Gasteiger partial charge in [-0.1, -0.05) is 78.9 Å². The van der Waals surface area contributed by atoms with Gasteiger partial charge in [0.25, 0.3) is 0 Å². The van der Waals surface area contributed by atoms with Crippen molar-refractivity contribution in [1.82, 2.24) is 13.5 Å². The van der Waals surface area contributed by atoms with Crippen LogP contribution < -0.4 is 0 Å². The van der Waals surface area contributed by atoms with Crippen LogP contribution in [0.1, 0.15) is 0 Å². The number of benzene rings is 6. The molecule has 0 N–H and O–H groups in total. The fourth-order valence-corrected chi connectivity index (χ4v) is 7.05. The van der Waals surface area contributed by atoms with Crippen LogP contribution in [0.25, 0.3) is 82.7 Å². The molecule has 0 radical (unpaired) electrons. The molecule has 4 heterocycles. The summed E-state index contributed by atoms with van der Waals surface area (Å²) < 4.78 is 14.1. The SMILES string of the molecule is c1ccc(-n2c3cc4c(c5oc6ccccc6n(c6ccccc62)-c53)c2cccc3c5ccccc5n4c32)cc1. The molecular weight excluding hydrogens is 490 g/mol. The largest absolute Gasteiger partial charge is 0.452 e. The van der Waals surface area contributed by atoms with Crippen molar-refractivity contribution in [2.75, 3.05) is 0 Å². The van der Waals surface area contributed by atoms with Crippen molar-refractivity contribution in [1.29, 1.82) is 0 Å². The molecule has 4 heteroatoms. The second kappa shape index (κ2) is 7.13. The predicted octanol–water partition coefficient (Wildman–Crippen LogP) is 9.47. The van der Waals surface area contributed by atoms with Crippen molar-refractivity contribution < 1.29 is 4.42 Å². The van der Waals surface area contributed by atoms with E-state index in [1.165, 1.54) is 27.2 Å². The quantitative estimate of drug-likeness (QED) is 0.159. The molecule has 40 heavy (non-hydrogen) atoms. The van der Waals surface area contributed by atoms with Crippen molar-refractivity contribution in [3.05, 3.63) is 127 Å². The number of nitrogens with zero attached hydrogens (tertiary/aromatic N) is 3. The maximum Gasteiger partial charge on any atom is 0.163 e. The van der Waals surface area contributed by atoms with Crippen molar-refractivity contribution >= 4 is 71.3 Å². The highest BCUT2D eigenvalue weighted by molar-refractivity contribution is 6.28. The van der Waals surface area contributed by atoms with Gasteiger partial charge in [0.05, 0.1) is 44.0 Å². The van der Waals surface area contributed by atoms with E-state index in [1.54, 1.807) is 0 Å². The van der Waals surface area contributed by atoms with E-state index in [0.717, 1.165) is 55.5 Å². The summed E-state index contributed by atoms with van der Waals surface area (Å²) in [6.45, 7) is 0. The first-order valence-electron chi connectivity index (χ1n) is 13.6. The number of aromatic nitrogens is 3. The number of hydrogen-bond acceptors (Lipinski definition) is 1. The zero-order valence-corrected chi connectivity index (χ0v) is 21.4. The van der Waals surface area contributed by atoms with Crippen LogP contribution in [0.3, 0.4) is 0 Å². The maximum atomic E-state index is 6.93. The van der Waals surface area contributed by atoms with Crippen molar-refractivity contribution in [2.45, 2.75) is 0 Å². The van der Waals surface area contributed by atoms with Crippen LogP contribution in [-0.4, -0.2) is 13.5 Å². The maximum absolute atomic E-state index is 6.93.